The van der Waals surface area contributed by atoms with E-state index in [-0.39, 0.29) is 11.1 Å². The first-order valence-corrected chi connectivity index (χ1v) is 25.0. The van der Waals surface area contributed by atoms with Crippen molar-refractivity contribution in [3.8, 4) is 0 Å². The molecule has 0 atom stereocenters. The van der Waals surface area contributed by atoms with Gasteiger partial charge in [0.25, 0.3) is 0 Å². The summed E-state index contributed by atoms with van der Waals surface area (Å²) in [7, 11) is 0. The zero-order valence-electron chi connectivity index (χ0n) is 37.3. The number of para-hydroxylation sites is 1. The number of unbranched alkanes of at least 4 members (excludes halogenated alkanes) is 28. The first-order chi connectivity index (χ1) is 26.6. The Bertz CT molecular complexity index is 823. The molecular formula is C51H97N3. The van der Waals surface area contributed by atoms with Gasteiger partial charge in [-0.05, 0) is 50.7 Å². The minimum absolute atomic E-state index is 0.249. The molecule has 1 fully saturated rings. The van der Waals surface area contributed by atoms with Crippen LogP contribution < -0.4 is 16.2 Å². The molecule has 1 aromatic rings. The van der Waals surface area contributed by atoms with Gasteiger partial charge in [0.1, 0.15) is 0 Å². The average molecular weight is 752 g/mol. The fourth-order valence-electron chi connectivity index (χ4n) is 9.79. The summed E-state index contributed by atoms with van der Waals surface area (Å²) in [6, 6.07) is 11.4. The van der Waals surface area contributed by atoms with Crippen molar-refractivity contribution in [3.05, 3.63) is 30.3 Å². The Hall–Kier alpha value is -1.06. The second-order valence-electron chi connectivity index (χ2n) is 18.3. The Morgan fingerprint density at radius 2 is 0.685 bits per heavy atom. The van der Waals surface area contributed by atoms with Crippen LogP contribution in [0.5, 0.6) is 0 Å². The summed E-state index contributed by atoms with van der Waals surface area (Å²) in [4.78, 5) is 0. The predicted molar refractivity (Wildman–Crippen MR) is 244 cm³/mol. The lowest BCUT2D eigenvalue weighted by Crippen LogP contribution is -2.66. The Labute approximate surface area is 339 Å². The van der Waals surface area contributed by atoms with Crippen LogP contribution in [-0.2, 0) is 0 Å². The Morgan fingerprint density at radius 3 is 0.981 bits per heavy atom. The van der Waals surface area contributed by atoms with Crippen LogP contribution in [0, 0.1) is 0 Å². The van der Waals surface area contributed by atoms with Gasteiger partial charge in [0.15, 0.2) is 0 Å². The number of hydrazine groups is 1. The van der Waals surface area contributed by atoms with E-state index in [2.05, 4.69) is 68.9 Å². The highest BCUT2D eigenvalue weighted by molar-refractivity contribution is 5.41. The second kappa shape index (κ2) is 34.0. The molecule has 0 aliphatic carbocycles. The highest BCUT2D eigenvalue weighted by atomic mass is 15.4. The summed E-state index contributed by atoms with van der Waals surface area (Å²) >= 11 is 0. The monoisotopic (exact) mass is 752 g/mol. The highest BCUT2D eigenvalue weighted by Crippen LogP contribution is 2.42. The van der Waals surface area contributed by atoms with Gasteiger partial charge in [-0.1, -0.05) is 251 Å². The van der Waals surface area contributed by atoms with Gasteiger partial charge in [0.05, 0.1) is 0 Å². The third kappa shape index (κ3) is 24.5. The van der Waals surface area contributed by atoms with Crippen molar-refractivity contribution >= 4 is 5.69 Å². The fraction of sp³-hybridized carbons (Fsp3) is 0.882. The van der Waals surface area contributed by atoms with Crippen molar-refractivity contribution in [3.63, 3.8) is 0 Å². The predicted octanol–water partition coefficient (Wildman–Crippen LogP) is 17.0. The quantitative estimate of drug-likeness (QED) is 0.0463. The van der Waals surface area contributed by atoms with Crippen molar-refractivity contribution < 1.29 is 0 Å². The third-order valence-corrected chi connectivity index (χ3v) is 13.0. The zero-order chi connectivity index (χ0) is 38.7. The van der Waals surface area contributed by atoms with E-state index >= 15 is 0 Å². The Kier molecular flexibility index (Phi) is 30.9. The third-order valence-electron chi connectivity index (χ3n) is 13.0. The smallest absolute Gasteiger partial charge is 0.0487 e. The second-order valence-corrected chi connectivity index (χ2v) is 18.3. The normalized spacial score (nSPS) is 15.6. The van der Waals surface area contributed by atoms with E-state index in [0.717, 1.165) is 0 Å². The maximum Gasteiger partial charge on any atom is 0.0487 e. The van der Waals surface area contributed by atoms with Crippen molar-refractivity contribution in [2.75, 3.05) is 5.43 Å². The van der Waals surface area contributed by atoms with Gasteiger partial charge in [-0.25, -0.2) is 5.43 Å². The number of piperidine rings is 1. The molecule has 1 aromatic carbocycles. The van der Waals surface area contributed by atoms with Gasteiger partial charge in [-0.2, -0.15) is 0 Å². The lowest BCUT2D eigenvalue weighted by atomic mass is 9.68. The molecule has 0 unspecified atom stereocenters. The zero-order valence-corrected chi connectivity index (χ0v) is 37.3. The molecule has 0 aromatic heterocycles. The lowest BCUT2D eigenvalue weighted by molar-refractivity contribution is 0.0660. The molecule has 0 amide bonds. The summed E-state index contributed by atoms with van der Waals surface area (Å²) in [5.41, 5.74) is 9.39. The van der Waals surface area contributed by atoms with E-state index in [1.807, 2.05) is 0 Å². The highest BCUT2D eigenvalue weighted by Gasteiger charge is 2.46. The molecule has 3 heteroatoms. The maximum atomic E-state index is 4.72. The first-order valence-electron chi connectivity index (χ1n) is 25.0. The van der Waals surface area contributed by atoms with Crippen LogP contribution in [0.1, 0.15) is 272 Å². The van der Waals surface area contributed by atoms with Crippen LogP contribution in [0.4, 0.5) is 5.69 Å². The Balaban J connectivity index is 2.22. The van der Waals surface area contributed by atoms with Crippen molar-refractivity contribution in [2.24, 2.45) is 0 Å². The molecule has 3 nitrogen and oxygen atoms in total. The van der Waals surface area contributed by atoms with Gasteiger partial charge >= 0.3 is 0 Å². The number of rotatable bonds is 39. The van der Waals surface area contributed by atoms with Crippen LogP contribution in [0.25, 0.3) is 0 Å². The minimum Gasteiger partial charge on any atom is -0.321 e. The van der Waals surface area contributed by atoms with E-state index < -0.39 is 0 Å². The molecule has 0 bridgehead atoms. The topological polar surface area (TPSA) is 36.1 Å². The van der Waals surface area contributed by atoms with E-state index in [1.54, 1.807) is 0 Å². The lowest BCUT2D eigenvalue weighted by Gasteiger charge is -2.54. The van der Waals surface area contributed by atoms with Crippen molar-refractivity contribution in [1.29, 1.82) is 0 Å². The Morgan fingerprint density at radius 1 is 0.407 bits per heavy atom. The number of nitrogens with one attached hydrogen (secondary N) is 3. The molecule has 1 aliphatic rings. The molecule has 2 rings (SSSR count). The van der Waals surface area contributed by atoms with E-state index in [0.29, 0.717) is 6.04 Å². The number of anilines is 1. The molecule has 0 radical (unpaired) electrons. The van der Waals surface area contributed by atoms with Gasteiger partial charge in [-0.15, -0.1) is 0 Å². The maximum absolute atomic E-state index is 4.72. The van der Waals surface area contributed by atoms with Gasteiger partial charge in [0, 0.05) is 22.8 Å². The fourth-order valence-corrected chi connectivity index (χ4v) is 9.79. The van der Waals surface area contributed by atoms with E-state index in [4.69, 9.17) is 5.32 Å². The summed E-state index contributed by atoms with van der Waals surface area (Å²) in [6.07, 6.45) is 53.2. The summed E-state index contributed by atoms with van der Waals surface area (Å²) in [6.45, 7) is 9.35. The summed E-state index contributed by atoms with van der Waals surface area (Å²) in [5, 5.41) is 4.72. The minimum atomic E-state index is 0.249. The molecule has 0 saturated carbocycles. The SMILES string of the molecule is CCCCCCCCCCC1(CCCCCCCCCC)CC(NNc2ccccc2)CC(CCCCCCCCCC)(CCCCCCCCCC)N1. The van der Waals surface area contributed by atoms with Crippen molar-refractivity contribution in [1.82, 2.24) is 10.7 Å². The van der Waals surface area contributed by atoms with Gasteiger partial charge in [-0.3, -0.25) is 0 Å². The number of benzene rings is 1. The van der Waals surface area contributed by atoms with Crippen LogP contribution in [-0.4, -0.2) is 17.1 Å². The van der Waals surface area contributed by atoms with Crippen LogP contribution in [0.2, 0.25) is 0 Å². The molecule has 1 aliphatic heterocycles. The van der Waals surface area contributed by atoms with E-state index in [9.17, 15) is 0 Å². The summed E-state index contributed by atoms with van der Waals surface area (Å²) < 4.78 is 0. The molecule has 1 heterocycles. The average Bonchev–Trinajstić information content (AvgIpc) is 3.18. The number of hydrogen-bond donors (Lipinski definition) is 3. The molecule has 1 saturated heterocycles. The summed E-state index contributed by atoms with van der Waals surface area (Å²) in [5.74, 6) is 0. The number of hydrogen-bond acceptors (Lipinski definition) is 3. The molecule has 0 spiro atoms. The van der Waals surface area contributed by atoms with Crippen LogP contribution >= 0.6 is 0 Å². The first kappa shape index (κ1) is 49.1. The van der Waals surface area contributed by atoms with Gasteiger partial charge in [0.2, 0.25) is 0 Å². The van der Waals surface area contributed by atoms with Gasteiger partial charge < -0.3 is 10.7 Å². The largest absolute Gasteiger partial charge is 0.321 e. The van der Waals surface area contributed by atoms with Crippen molar-refractivity contribution in [2.45, 2.75) is 289 Å². The van der Waals surface area contributed by atoms with E-state index in [1.165, 1.54) is 250 Å². The van der Waals surface area contributed by atoms with Crippen LogP contribution in [0.15, 0.2) is 30.3 Å². The standard InChI is InChI=1S/C51H97N3/c1-5-9-13-17-21-25-29-36-42-50(43-37-30-26-22-18-14-10-6-2)46-49(53-52-48-40-34-33-35-41-48)47-51(54-50,44-38-31-27-23-19-15-11-7-3)45-39-32-28-24-20-16-12-8-4/h33-35,40-41,49,52-54H,5-32,36-39,42-47H2,1-4H3. The molecule has 54 heavy (non-hydrogen) atoms. The molecule has 3 N–H and O–H groups in total. The molecular weight excluding hydrogens is 655 g/mol. The molecule has 316 valence electrons. The van der Waals surface area contributed by atoms with Crippen LogP contribution in [0.3, 0.4) is 0 Å².